The molecule has 0 radical (unpaired) electrons. The van der Waals surface area contributed by atoms with E-state index in [-0.39, 0.29) is 0 Å². The van der Waals surface area contributed by atoms with Gasteiger partial charge in [0.15, 0.2) is 0 Å². The third-order valence-corrected chi connectivity index (χ3v) is 3.58. The van der Waals surface area contributed by atoms with Crippen LogP contribution < -0.4 is 0 Å². The van der Waals surface area contributed by atoms with E-state index in [0.29, 0.717) is 5.84 Å². The molecule has 0 amide bonds. The first kappa shape index (κ1) is 11.2. The van der Waals surface area contributed by atoms with Crippen LogP contribution in [0.2, 0.25) is 0 Å². The number of fused-ring (bicyclic) bond motifs is 1. The third-order valence-electron chi connectivity index (χ3n) is 3.58. The highest BCUT2D eigenvalue weighted by atomic mass is 15.2. The van der Waals surface area contributed by atoms with Crippen LogP contribution in [0.1, 0.15) is 37.8 Å². The molecule has 0 aromatic heterocycles. The van der Waals surface area contributed by atoms with Crippen molar-refractivity contribution in [3.63, 3.8) is 0 Å². The number of hydrogen-bond donors (Lipinski definition) is 1. The fraction of sp³-hybridized carbons (Fsp3) is 0.500. The van der Waals surface area contributed by atoms with Gasteiger partial charge < -0.3 is 4.90 Å². The van der Waals surface area contributed by atoms with E-state index in [1.807, 2.05) is 6.07 Å². The van der Waals surface area contributed by atoms with E-state index < -0.39 is 0 Å². The van der Waals surface area contributed by atoms with Gasteiger partial charge in [0, 0.05) is 18.7 Å². The molecule has 1 aliphatic heterocycles. The van der Waals surface area contributed by atoms with Crippen LogP contribution >= 0.6 is 0 Å². The maximum Gasteiger partial charge on any atom is 0.128 e. The number of benzene rings is 1. The van der Waals surface area contributed by atoms with Crippen LogP contribution in [0.4, 0.5) is 0 Å². The van der Waals surface area contributed by atoms with Gasteiger partial charge in [-0.3, -0.25) is 5.41 Å². The molecule has 16 heavy (non-hydrogen) atoms. The second-order valence-electron chi connectivity index (χ2n) is 4.57. The van der Waals surface area contributed by atoms with Gasteiger partial charge in [-0.25, -0.2) is 0 Å². The Morgan fingerprint density at radius 2 is 1.94 bits per heavy atom. The molecule has 0 fully saturated rings. The lowest BCUT2D eigenvalue weighted by molar-refractivity contribution is 0.327. The van der Waals surface area contributed by atoms with Crippen LogP contribution in [0.5, 0.6) is 0 Å². The Labute approximate surface area is 97.8 Å². The van der Waals surface area contributed by atoms with E-state index >= 15 is 0 Å². The molecule has 0 atom stereocenters. The van der Waals surface area contributed by atoms with Crippen molar-refractivity contribution < 1.29 is 0 Å². The first-order chi connectivity index (χ1) is 7.76. The van der Waals surface area contributed by atoms with Crippen molar-refractivity contribution in [2.45, 2.75) is 33.2 Å². The van der Waals surface area contributed by atoms with Crippen LogP contribution in [0.3, 0.4) is 0 Å². The largest absolute Gasteiger partial charge is 0.352 e. The monoisotopic (exact) mass is 216 g/mol. The molecule has 1 aliphatic rings. The highest BCUT2D eigenvalue weighted by Gasteiger charge is 2.24. The predicted molar refractivity (Wildman–Crippen MR) is 67.8 cm³/mol. The van der Waals surface area contributed by atoms with Gasteiger partial charge in [-0.05, 0) is 11.5 Å². The summed E-state index contributed by atoms with van der Waals surface area (Å²) in [6, 6.07) is 8.28. The molecule has 0 unspecified atom stereocenters. The lowest BCUT2D eigenvalue weighted by Crippen LogP contribution is -2.29. The molecular weight excluding hydrogens is 196 g/mol. The lowest BCUT2D eigenvalue weighted by Gasteiger charge is -2.23. The van der Waals surface area contributed by atoms with Crippen LogP contribution in [-0.4, -0.2) is 17.3 Å². The van der Waals surface area contributed by atoms with Gasteiger partial charge in [-0.2, -0.15) is 0 Å². The zero-order chi connectivity index (χ0) is 11.5. The second-order valence-corrected chi connectivity index (χ2v) is 4.57. The molecule has 2 rings (SSSR count). The van der Waals surface area contributed by atoms with Crippen molar-refractivity contribution in [3.8, 4) is 0 Å². The molecule has 1 heterocycles. The normalized spacial score (nSPS) is 14.7. The Morgan fingerprint density at radius 3 is 2.56 bits per heavy atom. The van der Waals surface area contributed by atoms with Crippen molar-refractivity contribution in [1.29, 1.82) is 5.41 Å². The fourth-order valence-electron chi connectivity index (χ4n) is 2.36. The Kier molecular flexibility index (Phi) is 3.28. The molecule has 0 aliphatic carbocycles. The number of nitrogens with one attached hydrogen (secondary N) is 1. The first-order valence-corrected chi connectivity index (χ1v) is 6.18. The summed E-state index contributed by atoms with van der Waals surface area (Å²) < 4.78 is 0. The summed E-state index contributed by atoms with van der Waals surface area (Å²) in [5.41, 5.74) is 2.42. The van der Waals surface area contributed by atoms with Crippen molar-refractivity contribution in [2.24, 2.45) is 5.92 Å². The van der Waals surface area contributed by atoms with Crippen molar-refractivity contribution in [3.05, 3.63) is 35.4 Å². The van der Waals surface area contributed by atoms with Gasteiger partial charge in [0.1, 0.15) is 5.84 Å². The molecular formula is C14H20N2. The van der Waals surface area contributed by atoms with Gasteiger partial charge in [0.05, 0.1) is 0 Å². The summed E-state index contributed by atoms with van der Waals surface area (Å²) in [6.07, 6.45) is 2.41. The minimum atomic E-state index is 0.711. The van der Waals surface area contributed by atoms with Gasteiger partial charge in [-0.1, -0.05) is 51.0 Å². The topological polar surface area (TPSA) is 27.1 Å². The fourth-order valence-corrected chi connectivity index (χ4v) is 2.36. The molecule has 1 aromatic rings. The van der Waals surface area contributed by atoms with Crippen molar-refractivity contribution >= 4 is 5.84 Å². The number of amidine groups is 1. The van der Waals surface area contributed by atoms with Crippen LogP contribution in [0.15, 0.2) is 24.3 Å². The van der Waals surface area contributed by atoms with Gasteiger partial charge >= 0.3 is 0 Å². The Hall–Kier alpha value is -1.31. The van der Waals surface area contributed by atoms with Crippen LogP contribution in [0.25, 0.3) is 0 Å². The molecule has 0 saturated heterocycles. The summed E-state index contributed by atoms with van der Waals surface area (Å²) in [4.78, 5) is 2.21. The first-order valence-electron chi connectivity index (χ1n) is 6.18. The SMILES string of the molecule is CCC(CC)CN1Cc2ccccc2C1=N. The quantitative estimate of drug-likeness (QED) is 0.821. The zero-order valence-corrected chi connectivity index (χ0v) is 10.2. The Bertz CT molecular complexity index is 380. The molecule has 1 aromatic carbocycles. The summed E-state index contributed by atoms with van der Waals surface area (Å²) in [5.74, 6) is 1.43. The molecule has 2 heteroatoms. The molecule has 2 nitrogen and oxygen atoms in total. The Balaban J connectivity index is 2.10. The van der Waals surface area contributed by atoms with Gasteiger partial charge in [-0.15, -0.1) is 0 Å². The molecule has 86 valence electrons. The number of rotatable bonds is 4. The van der Waals surface area contributed by atoms with E-state index in [1.165, 1.54) is 18.4 Å². The van der Waals surface area contributed by atoms with E-state index in [0.717, 1.165) is 24.6 Å². The van der Waals surface area contributed by atoms with Crippen LogP contribution in [0, 0.1) is 11.3 Å². The maximum absolute atomic E-state index is 8.16. The summed E-state index contributed by atoms with van der Waals surface area (Å²) in [6.45, 7) is 6.42. The summed E-state index contributed by atoms with van der Waals surface area (Å²) in [5, 5.41) is 8.16. The van der Waals surface area contributed by atoms with E-state index in [4.69, 9.17) is 5.41 Å². The van der Waals surface area contributed by atoms with Crippen LogP contribution in [-0.2, 0) is 6.54 Å². The minimum absolute atomic E-state index is 0.711. The van der Waals surface area contributed by atoms with E-state index in [9.17, 15) is 0 Å². The molecule has 1 N–H and O–H groups in total. The highest BCUT2D eigenvalue weighted by Crippen LogP contribution is 2.24. The standard InChI is InChI=1S/C14H20N2/c1-3-11(4-2)9-16-10-12-7-5-6-8-13(12)14(16)15/h5-8,11,15H,3-4,9-10H2,1-2H3. The van der Waals surface area contributed by atoms with Crippen molar-refractivity contribution in [1.82, 2.24) is 4.90 Å². The highest BCUT2D eigenvalue weighted by molar-refractivity contribution is 6.00. The van der Waals surface area contributed by atoms with Gasteiger partial charge in [0.25, 0.3) is 0 Å². The minimum Gasteiger partial charge on any atom is -0.352 e. The second kappa shape index (κ2) is 4.69. The average molecular weight is 216 g/mol. The van der Waals surface area contributed by atoms with Crippen molar-refractivity contribution in [2.75, 3.05) is 6.54 Å². The Morgan fingerprint density at radius 1 is 1.25 bits per heavy atom. The smallest absolute Gasteiger partial charge is 0.128 e. The van der Waals surface area contributed by atoms with E-state index in [2.05, 4.69) is 36.9 Å². The van der Waals surface area contributed by atoms with E-state index in [1.54, 1.807) is 0 Å². The molecule has 0 bridgehead atoms. The summed E-state index contributed by atoms with van der Waals surface area (Å²) >= 11 is 0. The number of hydrogen-bond acceptors (Lipinski definition) is 1. The maximum atomic E-state index is 8.16. The lowest BCUT2D eigenvalue weighted by atomic mass is 10.0. The number of nitrogens with zero attached hydrogens (tertiary/aromatic N) is 1. The zero-order valence-electron chi connectivity index (χ0n) is 10.2. The van der Waals surface area contributed by atoms with Gasteiger partial charge in [0.2, 0.25) is 0 Å². The predicted octanol–water partition coefficient (Wildman–Crippen LogP) is 3.26. The molecule has 0 saturated carbocycles. The third kappa shape index (κ3) is 1.97. The summed E-state index contributed by atoms with van der Waals surface area (Å²) in [7, 11) is 0. The average Bonchev–Trinajstić information content (AvgIpc) is 2.64. The molecule has 0 spiro atoms.